The van der Waals surface area contributed by atoms with Crippen molar-refractivity contribution >= 4 is 25.7 Å². The summed E-state index contributed by atoms with van der Waals surface area (Å²) < 4.78 is 32.8. The summed E-state index contributed by atoms with van der Waals surface area (Å²) in [5.41, 5.74) is 5.35. The second kappa shape index (κ2) is 47.2. The van der Waals surface area contributed by atoms with Crippen LogP contribution in [0.5, 0.6) is 0 Å². The Hall–Kier alpha value is -2.30. The van der Waals surface area contributed by atoms with Gasteiger partial charge in [0.1, 0.15) is 12.6 Å². The number of rotatable bonds is 49. The molecule has 0 aliphatic rings. The normalized spacial score (nSPS) is 13.8. The predicted octanol–water partition coefficient (Wildman–Crippen LogP) is 14.7. The van der Waals surface area contributed by atoms with E-state index in [0.717, 1.165) is 77.0 Å². The average molecular weight is 926 g/mol. The summed E-state index contributed by atoms with van der Waals surface area (Å²) in [5, 5.41) is 8.92. The van der Waals surface area contributed by atoms with Gasteiger partial charge in [0.15, 0.2) is 6.10 Å². The van der Waals surface area contributed by atoms with Gasteiger partial charge in [0.05, 0.1) is 13.2 Å². The fraction of sp³-hybridized carbons (Fsp3) is 0.827. The van der Waals surface area contributed by atoms with Crippen molar-refractivity contribution in [1.29, 1.82) is 0 Å². The van der Waals surface area contributed by atoms with E-state index in [2.05, 4.69) is 54.8 Å². The van der Waals surface area contributed by atoms with Crippen LogP contribution in [-0.4, -0.2) is 59.9 Å². The van der Waals surface area contributed by atoms with E-state index in [9.17, 15) is 23.8 Å². The zero-order valence-corrected chi connectivity index (χ0v) is 41.8. The smallest absolute Gasteiger partial charge is 0.472 e. The van der Waals surface area contributed by atoms with E-state index in [4.69, 9.17) is 24.8 Å². The molecule has 0 fully saturated rings. The maximum atomic E-state index is 12.7. The Morgan fingerprint density at radius 3 is 1.31 bits per heavy atom. The summed E-state index contributed by atoms with van der Waals surface area (Å²) in [4.78, 5) is 46.2. The van der Waals surface area contributed by atoms with E-state index < -0.39 is 51.1 Å². The molecule has 3 unspecified atom stereocenters. The van der Waals surface area contributed by atoms with Crippen LogP contribution in [0.3, 0.4) is 0 Å². The molecule has 4 N–H and O–H groups in total. The number of carboxylic acids is 1. The zero-order valence-electron chi connectivity index (χ0n) is 40.9. The summed E-state index contributed by atoms with van der Waals surface area (Å²) in [7, 11) is -4.72. The van der Waals surface area contributed by atoms with E-state index >= 15 is 0 Å². The maximum absolute atomic E-state index is 12.7. The molecular weight excluding hydrogens is 830 g/mol. The van der Waals surface area contributed by atoms with Gasteiger partial charge in [-0.3, -0.25) is 23.4 Å². The van der Waals surface area contributed by atoms with Gasteiger partial charge in [0, 0.05) is 12.8 Å². The number of phosphoric ester groups is 1. The number of nitrogens with two attached hydrogens (primary N) is 1. The number of hydrogen-bond donors (Lipinski definition) is 3. The van der Waals surface area contributed by atoms with Crippen molar-refractivity contribution in [2.45, 2.75) is 257 Å². The Morgan fingerprint density at radius 2 is 0.875 bits per heavy atom. The van der Waals surface area contributed by atoms with E-state index in [1.807, 2.05) is 0 Å². The van der Waals surface area contributed by atoms with Crippen LogP contribution in [0.2, 0.25) is 0 Å². The summed E-state index contributed by atoms with van der Waals surface area (Å²) in [6.07, 6.45) is 53.6. The van der Waals surface area contributed by atoms with Gasteiger partial charge < -0.3 is 25.2 Å². The van der Waals surface area contributed by atoms with Gasteiger partial charge in [0.2, 0.25) is 0 Å². The van der Waals surface area contributed by atoms with Crippen molar-refractivity contribution in [2.75, 3.05) is 19.8 Å². The van der Waals surface area contributed by atoms with E-state index in [1.54, 1.807) is 0 Å². The summed E-state index contributed by atoms with van der Waals surface area (Å²) >= 11 is 0. The second-order valence-corrected chi connectivity index (χ2v) is 19.1. The molecule has 3 atom stereocenters. The fourth-order valence-electron chi connectivity index (χ4n) is 7.38. The highest BCUT2D eigenvalue weighted by Gasteiger charge is 2.28. The topological polar surface area (TPSA) is 172 Å². The van der Waals surface area contributed by atoms with E-state index in [-0.39, 0.29) is 19.4 Å². The van der Waals surface area contributed by atoms with Crippen LogP contribution in [0.15, 0.2) is 36.5 Å². The SMILES string of the molecule is CC/C=C\C/C=C\C/C=C\CCCCCCCCCC(=O)OC(COC(=O)CCCCCCCCCCCCCCCCCCCCCCCCC)COP(=O)(O)OCC(N)C(=O)O. The Balaban J connectivity index is 4.18. The molecule has 0 amide bonds. The fourth-order valence-corrected chi connectivity index (χ4v) is 8.15. The number of esters is 2. The number of carbonyl (C=O) groups excluding carboxylic acids is 2. The Labute approximate surface area is 391 Å². The predicted molar refractivity (Wildman–Crippen MR) is 263 cm³/mol. The van der Waals surface area contributed by atoms with Gasteiger partial charge in [-0.05, 0) is 44.9 Å². The molecule has 374 valence electrons. The minimum atomic E-state index is -4.72. The lowest BCUT2D eigenvalue weighted by molar-refractivity contribution is -0.161. The van der Waals surface area contributed by atoms with Crippen LogP contribution in [0.25, 0.3) is 0 Å². The molecule has 0 rings (SSSR count). The second-order valence-electron chi connectivity index (χ2n) is 17.6. The molecule has 0 bridgehead atoms. The van der Waals surface area contributed by atoms with Crippen LogP contribution >= 0.6 is 7.82 Å². The summed E-state index contributed by atoms with van der Waals surface area (Å²) in [5.74, 6) is -2.38. The molecule has 0 saturated carbocycles. The van der Waals surface area contributed by atoms with Crippen molar-refractivity contribution in [3.63, 3.8) is 0 Å². The van der Waals surface area contributed by atoms with Gasteiger partial charge in [-0.1, -0.05) is 224 Å². The number of allylic oxidation sites excluding steroid dienone is 6. The number of carboxylic acid groups (broad SMARTS) is 1. The van der Waals surface area contributed by atoms with Gasteiger partial charge >= 0.3 is 25.7 Å². The van der Waals surface area contributed by atoms with Crippen LogP contribution in [-0.2, 0) is 37.5 Å². The molecule has 0 aromatic rings. The molecule has 0 radical (unpaired) electrons. The third-order valence-electron chi connectivity index (χ3n) is 11.4. The minimum Gasteiger partial charge on any atom is -0.480 e. The molecule has 0 spiro atoms. The van der Waals surface area contributed by atoms with Crippen LogP contribution in [0.1, 0.15) is 245 Å². The first kappa shape index (κ1) is 61.7. The number of hydrogen-bond acceptors (Lipinski definition) is 9. The van der Waals surface area contributed by atoms with Crippen LogP contribution in [0.4, 0.5) is 0 Å². The summed E-state index contributed by atoms with van der Waals surface area (Å²) in [6, 6.07) is -1.52. The van der Waals surface area contributed by atoms with Crippen LogP contribution in [0, 0.1) is 0 Å². The molecule has 0 aliphatic carbocycles. The highest BCUT2D eigenvalue weighted by molar-refractivity contribution is 7.47. The molecular formula is C52H96NO10P. The largest absolute Gasteiger partial charge is 0.480 e. The molecule has 0 aliphatic heterocycles. The molecule has 0 aromatic carbocycles. The minimum absolute atomic E-state index is 0.152. The quantitative estimate of drug-likeness (QED) is 0.0229. The van der Waals surface area contributed by atoms with Crippen molar-refractivity contribution in [2.24, 2.45) is 5.73 Å². The first-order valence-corrected chi connectivity index (χ1v) is 27.5. The van der Waals surface area contributed by atoms with Crippen molar-refractivity contribution < 1.29 is 47.5 Å². The average Bonchev–Trinajstić information content (AvgIpc) is 3.27. The lowest BCUT2D eigenvalue weighted by Gasteiger charge is -2.20. The van der Waals surface area contributed by atoms with Gasteiger partial charge in [-0.25, -0.2) is 4.57 Å². The number of carbonyl (C=O) groups is 3. The van der Waals surface area contributed by atoms with Crippen molar-refractivity contribution in [1.82, 2.24) is 0 Å². The zero-order chi connectivity index (χ0) is 47.0. The highest BCUT2D eigenvalue weighted by atomic mass is 31.2. The lowest BCUT2D eigenvalue weighted by Crippen LogP contribution is -2.34. The lowest BCUT2D eigenvalue weighted by atomic mass is 10.0. The number of ether oxygens (including phenoxy) is 2. The molecule has 64 heavy (non-hydrogen) atoms. The molecule has 0 aromatic heterocycles. The molecule has 0 heterocycles. The molecule has 0 saturated heterocycles. The first-order valence-electron chi connectivity index (χ1n) is 26.0. The standard InChI is InChI=1S/C52H96NO10P/c1-3-5-7-9-11-13-15-17-19-21-22-23-24-25-26-28-29-31-33-35-37-39-41-43-50(54)60-45-48(46-61-64(58,59)62-47-49(53)52(56)57)63-51(55)44-42-40-38-36-34-32-30-27-20-18-16-14-12-10-8-6-4-2/h6,8,12,14,18,20,48-49H,3-5,7,9-11,13,15-17,19,21-47,53H2,1-2H3,(H,56,57)(H,58,59)/b8-6-,14-12-,20-18-. The summed E-state index contributed by atoms with van der Waals surface area (Å²) in [6.45, 7) is 2.73. The Morgan fingerprint density at radius 1 is 0.500 bits per heavy atom. The monoisotopic (exact) mass is 926 g/mol. The van der Waals surface area contributed by atoms with Gasteiger partial charge in [-0.15, -0.1) is 0 Å². The third-order valence-corrected chi connectivity index (χ3v) is 12.4. The third kappa shape index (κ3) is 46.2. The number of aliphatic carboxylic acids is 1. The van der Waals surface area contributed by atoms with Gasteiger partial charge in [0.25, 0.3) is 0 Å². The Kier molecular flexibility index (Phi) is 45.5. The molecule has 12 heteroatoms. The first-order chi connectivity index (χ1) is 31.1. The number of phosphoric acid groups is 1. The van der Waals surface area contributed by atoms with Crippen molar-refractivity contribution in [3.05, 3.63) is 36.5 Å². The van der Waals surface area contributed by atoms with Crippen molar-refractivity contribution in [3.8, 4) is 0 Å². The van der Waals surface area contributed by atoms with Crippen LogP contribution < -0.4 is 5.73 Å². The van der Waals surface area contributed by atoms with E-state index in [1.165, 1.54) is 128 Å². The Bertz CT molecular complexity index is 1220. The molecule has 11 nitrogen and oxygen atoms in total. The van der Waals surface area contributed by atoms with E-state index in [0.29, 0.717) is 12.8 Å². The highest BCUT2D eigenvalue weighted by Crippen LogP contribution is 2.43. The maximum Gasteiger partial charge on any atom is 0.472 e. The van der Waals surface area contributed by atoms with Gasteiger partial charge in [-0.2, -0.15) is 0 Å². The number of unbranched alkanes of at least 4 members (excludes halogenated alkanes) is 29.